The van der Waals surface area contributed by atoms with E-state index in [4.69, 9.17) is 16.3 Å². The maximum Gasteiger partial charge on any atom is 0.172 e. The van der Waals surface area contributed by atoms with Crippen LogP contribution in [0.4, 0.5) is 0 Å². The fourth-order valence-electron chi connectivity index (χ4n) is 2.40. The lowest BCUT2D eigenvalue weighted by atomic mass is 9.77. The maximum atomic E-state index is 5.95. The number of fused-ring (bicyclic) bond motifs is 1. The fraction of sp³-hybridized carbons (Fsp3) is 0.800. The van der Waals surface area contributed by atoms with Crippen LogP contribution in [0.25, 0.3) is 0 Å². The van der Waals surface area contributed by atoms with Gasteiger partial charge in [0.1, 0.15) is 0 Å². The molecule has 1 nitrogen and oxygen atoms in total. The van der Waals surface area contributed by atoms with Crippen molar-refractivity contribution in [3.05, 3.63) is 12.2 Å². The molecule has 2 rings (SSSR count). The van der Waals surface area contributed by atoms with Gasteiger partial charge in [-0.25, -0.2) is 0 Å². The molecule has 0 amide bonds. The van der Waals surface area contributed by atoms with Crippen LogP contribution in [-0.2, 0) is 16.3 Å². The van der Waals surface area contributed by atoms with Crippen molar-refractivity contribution in [2.24, 2.45) is 5.92 Å². The SMILES string of the molecule is C=C(C)[C@@H]1CC[C@]2(C)S[P@](=S)(S)O[C@H]2C1. The smallest absolute Gasteiger partial charge is 0.172 e. The molecule has 2 fully saturated rings. The maximum absolute atomic E-state index is 5.95. The summed E-state index contributed by atoms with van der Waals surface area (Å²) in [6, 6.07) is 0. The van der Waals surface area contributed by atoms with E-state index in [1.807, 2.05) is 0 Å². The van der Waals surface area contributed by atoms with Crippen LogP contribution in [0.1, 0.15) is 33.1 Å². The third-order valence-electron chi connectivity index (χ3n) is 3.45. The molecule has 0 spiro atoms. The lowest BCUT2D eigenvalue weighted by molar-refractivity contribution is 0.129. The quantitative estimate of drug-likeness (QED) is 0.433. The van der Waals surface area contributed by atoms with Gasteiger partial charge in [0.05, 0.1) is 6.10 Å². The van der Waals surface area contributed by atoms with Crippen LogP contribution in [0.3, 0.4) is 0 Å². The predicted octanol–water partition coefficient (Wildman–Crippen LogP) is 4.41. The van der Waals surface area contributed by atoms with Crippen molar-refractivity contribution in [3.8, 4) is 0 Å². The second-order valence-electron chi connectivity index (χ2n) is 4.78. The second kappa shape index (κ2) is 4.06. The van der Waals surface area contributed by atoms with Crippen LogP contribution in [0.15, 0.2) is 12.2 Å². The van der Waals surface area contributed by atoms with Gasteiger partial charge in [-0.15, -0.1) is 12.2 Å². The number of rotatable bonds is 1. The van der Waals surface area contributed by atoms with E-state index in [-0.39, 0.29) is 4.75 Å². The number of hydrogen-bond donors (Lipinski definition) is 1. The monoisotopic (exact) mass is 280 g/mol. The van der Waals surface area contributed by atoms with E-state index in [9.17, 15) is 0 Å². The van der Waals surface area contributed by atoms with Crippen molar-refractivity contribution in [2.45, 2.75) is 44.0 Å². The molecule has 0 aromatic rings. The highest BCUT2D eigenvalue weighted by atomic mass is 33.2. The second-order valence-corrected chi connectivity index (χ2v) is 14.7. The Morgan fingerprint density at radius 3 is 3.00 bits per heavy atom. The molecule has 1 saturated carbocycles. The summed E-state index contributed by atoms with van der Waals surface area (Å²) in [5, 5.41) is 0. The van der Waals surface area contributed by atoms with Gasteiger partial charge in [-0.1, -0.05) is 23.5 Å². The topological polar surface area (TPSA) is 9.23 Å². The van der Waals surface area contributed by atoms with E-state index in [1.54, 1.807) is 11.4 Å². The molecular weight excluding hydrogens is 263 g/mol. The lowest BCUT2D eigenvalue weighted by Gasteiger charge is -2.37. The molecule has 0 bridgehead atoms. The van der Waals surface area contributed by atoms with Crippen molar-refractivity contribution < 1.29 is 4.52 Å². The first-order chi connectivity index (χ1) is 6.82. The summed E-state index contributed by atoms with van der Waals surface area (Å²) in [7, 11) is 0. The van der Waals surface area contributed by atoms with Gasteiger partial charge in [0.15, 0.2) is 4.67 Å². The van der Waals surface area contributed by atoms with E-state index in [0.29, 0.717) is 12.0 Å². The summed E-state index contributed by atoms with van der Waals surface area (Å²) < 4.78 is 4.30. The Labute approximate surface area is 106 Å². The van der Waals surface area contributed by atoms with Gasteiger partial charge in [0, 0.05) is 4.75 Å². The first kappa shape index (κ1) is 12.5. The molecular formula is C10H17OPS3. The molecule has 1 aliphatic heterocycles. The summed E-state index contributed by atoms with van der Waals surface area (Å²) in [6.45, 7) is 8.45. The van der Waals surface area contributed by atoms with Gasteiger partial charge in [-0.2, -0.15) is 0 Å². The van der Waals surface area contributed by atoms with E-state index in [0.717, 1.165) is 6.42 Å². The van der Waals surface area contributed by atoms with Crippen molar-refractivity contribution in [1.82, 2.24) is 0 Å². The molecule has 4 atom stereocenters. The van der Waals surface area contributed by atoms with Gasteiger partial charge >= 0.3 is 0 Å². The zero-order valence-electron chi connectivity index (χ0n) is 9.10. The Balaban J connectivity index is 2.16. The number of allylic oxidation sites excluding steroid dienone is 1. The Morgan fingerprint density at radius 1 is 1.73 bits per heavy atom. The Hall–Kier alpha value is 1.05. The highest BCUT2D eigenvalue weighted by molar-refractivity contribution is 8.95. The Kier molecular flexibility index (Phi) is 3.39. The van der Waals surface area contributed by atoms with Crippen LogP contribution in [0.2, 0.25) is 0 Å². The predicted molar refractivity (Wildman–Crippen MR) is 76.3 cm³/mol. The third kappa shape index (κ3) is 2.50. The van der Waals surface area contributed by atoms with Crippen LogP contribution in [0.5, 0.6) is 0 Å². The van der Waals surface area contributed by atoms with Crippen LogP contribution in [-0.4, -0.2) is 10.9 Å². The van der Waals surface area contributed by atoms with Crippen molar-refractivity contribution >= 4 is 40.1 Å². The minimum atomic E-state index is -1.86. The van der Waals surface area contributed by atoms with Crippen LogP contribution < -0.4 is 0 Å². The molecule has 1 saturated heterocycles. The van der Waals surface area contributed by atoms with Crippen molar-refractivity contribution in [2.75, 3.05) is 0 Å². The molecule has 1 aliphatic carbocycles. The van der Waals surface area contributed by atoms with Gasteiger partial charge in [-0.05, 0) is 50.8 Å². The average Bonchev–Trinajstić information content (AvgIpc) is 2.31. The number of hydrogen-bond acceptors (Lipinski definition) is 3. The highest BCUT2D eigenvalue weighted by Gasteiger charge is 2.51. The number of thiol groups is 1. The van der Waals surface area contributed by atoms with Gasteiger partial charge in [0.2, 0.25) is 0 Å². The summed E-state index contributed by atoms with van der Waals surface area (Å²) in [5.41, 5.74) is 1.28. The third-order valence-corrected chi connectivity index (χ3v) is 9.23. The minimum absolute atomic E-state index is 0.212. The van der Waals surface area contributed by atoms with Crippen molar-refractivity contribution in [3.63, 3.8) is 0 Å². The average molecular weight is 280 g/mol. The van der Waals surface area contributed by atoms with Gasteiger partial charge < -0.3 is 4.52 Å². The van der Waals surface area contributed by atoms with E-state index in [2.05, 4.69) is 32.7 Å². The first-order valence-electron chi connectivity index (χ1n) is 5.20. The molecule has 0 N–H and O–H groups in total. The Morgan fingerprint density at radius 2 is 2.40 bits per heavy atom. The molecule has 1 heterocycles. The summed E-state index contributed by atoms with van der Waals surface area (Å²) in [4.78, 5) is 0. The van der Waals surface area contributed by atoms with Crippen LogP contribution in [0, 0.1) is 5.92 Å². The molecule has 0 aromatic carbocycles. The molecule has 0 unspecified atom stereocenters. The van der Waals surface area contributed by atoms with Gasteiger partial charge in [-0.3, -0.25) is 0 Å². The molecule has 2 aliphatic rings. The van der Waals surface area contributed by atoms with E-state index in [1.165, 1.54) is 18.4 Å². The van der Waals surface area contributed by atoms with E-state index < -0.39 is 4.67 Å². The summed E-state index contributed by atoms with van der Waals surface area (Å²) in [5.74, 6) is 0.616. The molecule has 0 radical (unpaired) electrons. The molecule has 5 heteroatoms. The zero-order valence-corrected chi connectivity index (χ0v) is 12.5. The minimum Gasteiger partial charge on any atom is -0.329 e. The Bertz CT molecular complexity index is 344. The lowest BCUT2D eigenvalue weighted by Crippen LogP contribution is -2.39. The first-order valence-corrected chi connectivity index (χ1v) is 10.5. The highest BCUT2D eigenvalue weighted by Crippen LogP contribution is 2.77. The standard InChI is InChI=1S/C10H17OPS3/c1-7(2)8-4-5-10(3)9(6-8)11-12(13,14)15-10/h8-9H,1,4-6H2,2-3H3,(H,13,14)/t8-,9+,10+/m1/s1. The summed E-state index contributed by atoms with van der Waals surface area (Å²) >= 11 is 11.7. The molecule has 15 heavy (non-hydrogen) atoms. The summed E-state index contributed by atoms with van der Waals surface area (Å²) in [6.07, 6.45) is 3.78. The fourth-order valence-corrected chi connectivity index (χ4v) is 10.7. The normalized spacial score (nSPS) is 50.1. The van der Waals surface area contributed by atoms with Crippen LogP contribution >= 0.6 is 28.3 Å². The molecule has 86 valence electrons. The van der Waals surface area contributed by atoms with E-state index >= 15 is 0 Å². The molecule has 0 aromatic heterocycles. The van der Waals surface area contributed by atoms with Crippen molar-refractivity contribution in [1.29, 1.82) is 0 Å². The largest absolute Gasteiger partial charge is 0.329 e. The van der Waals surface area contributed by atoms with Gasteiger partial charge in [0.25, 0.3) is 0 Å². The zero-order chi connectivity index (χ0) is 11.3.